The van der Waals surface area contributed by atoms with Crippen LogP contribution in [0, 0.1) is 0 Å². The number of thiazole rings is 1. The molecule has 0 amide bonds. The van der Waals surface area contributed by atoms with Crippen molar-refractivity contribution in [3.05, 3.63) is 102 Å². The lowest BCUT2D eigenvalue weighted by molar-refractivity contribution is 0.340. The van der Waals surface area contributed by atoms with E-state index in [1.165, 1.54) is 31.1 Å². The topological polar surface area (TPSA) is 91.5 Å². The molecule has 6 rings (SSSR count). The van der Waals surface area contributed by atoms with Crippen LogP contribution in [-0.2, 0) is 6.42 Å². The third-order valence-corrected chi connectivity index (χ3v) is 8.38. The van der Waals surface area contributed by atoms with Crippen LogP contribution in [0.2, 0.25) is 0 Å². The van der Waals surface area contributed by atoms with Crippen LogP contribution in [0.5, 0.6) is 28.7 Å². The summed E-state index contributed by atoms with van der Waals surface area (Å²) in [5.41, 5.74) is 5.78. The van der Waals surface area contributed by atoms with Crippen LogP contribution >= 0.6 is 11.3 Å². The molecule has 0 fully saturated rings. The molecule has 0 spiro atoms. The number of methoxy groups -OCH3 is 4. The number of aromatic nitrogens is 1. The van der Waals surface area contributed by atoms with Crippen LogP contribution in [0.3, 0.4) is 0 Å². The second-order valence-electron chi connectivity index (χ2n) is 9.50. The minimum Gasteiger partial charge on any atom is -0.502 e. The zero-order chi connectivity index (χ0) is 28.0. The number of hydrogen-bond donors (Lipinski definition) is 1. The lowest BCUT2D eigenvalue weighted by atomic mass is 9.83. The molecule has 204 valence electrons. The average molecular weight is 557 g/mol. The predicted octanol–water partition coefficient (Wildman–Crippen LogP) is 4.06. The Morgan fingerprint density at radius 1 is 0.900 bits per heavy atom. The third-order valence-electron chi connectivity index (χ3n) is 7.40. The molecular weight excluding hydrogens is 528 g/mol. The fourth-order valence-electron chi connectivity index (χ4n) is 5.49. The molecule has 3 aromatic carbocycles. The van der Waals surface area contributed by atoms with Crippen molar-refractivity contribution in [3.8, 4) is 28.7 Å². The highest BCUT2D eigenvalue weighted by molar-refractivity contribution is 7.07. The van der Waals surface area contributed by atoms with Crippen LogP contribution in [-0.4, -0.2) is 38.1 Å². The second-order valence-corrected chi connectivity index (χ2v) is 10.5. The van der Waals surface area contributed by atoms with Gasteiger partial charge in [0, 0.05) is 5.56 Å². The molecule has 1 aliphatic carbocycles. The molecule has 40 heavy (non-hydrogen) atoms. The quantitative estimate of drug-likeness (QED) is 0.385. The molecule has 1 aliphatic heterocycles. The number of ether oxygens (including phenoxy) is 4. The standard InChI is InChI=1S/C31H28N2O6S/c1-36-22-12-10-19(16-23(22)37-2)28-21-11-9-18-7-5-6-8-20(18)27(21)32-31-33(28)30(35)26(40-31)15-17-13-24(38-3)29(34)25(14-17)39-4/h5-8,10,12-16,28,34H,9,11H2,1-4H3/b26-15-/t28-/m1/s1. The molecule has 0 saturated carbocycles. The summed E-state index contributed by atoms with van der Waals surface area (Å²) in [4.78, 5) is 19.7. The van der Waals surface area contributed by atoms with E-state index in [2.05, 4.69) is 12.1 Å². The lowest BCUT2D eigenvalue weighted by Gasteiger charge is -2.31. The molecular formula is C31H28N2O6S. The lowest BCUT2D eigenvalue weighted by Crippen LogP contribution is -2.38. The van der Waals surface area contributed by atoms with Crippen LogP contribution < -0.4 is 33.8 Å². The van der Waals surface area contributed by atoms with Crippen LogP contribution in [0.25, 0.3) is 11.8 Å². The average Bonchev–Trinajstić information content (AvgIpc) is 3.30. The summed E-state index contributed by atoms with van der Waals surface area (Å²) in [6.07, 6.45) is 3.42. The smallest absolute Gasteiger partial charge is 0.271 e. The van der Waals surface area contributed by atoms with E-state index >= 15 is 0 Å². The molecule has 8 nitrogen and oxygen atoms in total. The van der Waals surface area contributed by atoms with Crippen molar-refractivity contribution in [2.45, 2.75) is 18.9 Å². The van der Waals surface area contributed by atoms with E-state index in [4.69, 9.17) is 23.9 Å². The maximum atomic E-state index is 14.1. The summed E-state index contributed by atoms with van der Waals surface area (Å²) in [6.45, 7) is 0. The molecule has 0 radical (unpaired) electrons. The Labute approximate surface area is 234 Å². The van der Waals surface area contributed by atoms with E-state index in [1.54, 1.807) is 37.0 Å². The number of aryl methyl sites for hydroxylation is 1. The number of allylic oxidation sites excluding steroid dienone is 1. The van der Waals surface area contributed by atoms with Crippen LogP contribution in [0.15, 0.2) is 70.0 Å². The third kappa shape index (κ3) is 4.14. The predicted molar refractivity (Wildman–Crippen MR) is 154 cm³/mol. The molecule has 1 atom stereocenters. The zero-order valence-corrected chi connectivity index (χ0v) is 23.4. The van der Waals surface area contributed by atoms with Crippen LogP contribution in [0.4, 0.5) is 0 Å². The summed E-state index contributed by atoms with van der Waals surface area (Å²) in [6, 6.07) is 17.1. The molecule has 9 heteroatoms. The Hall–Kier alpha value is -4.50. The number of rotatable bonds is 6. The van der Waals surface area contributed by atoms with Crippen molar-refractivity contribution < 1.29 is 24.1 Å². The van der Waals surface area contributed by atoms with E-state index < -0.39 is 0 Å². The first kappa shape index (κ1) is 25.8. The number of benzene rings is 3. The number of phenols is 1. The minimum atomic E-state index is -0.356. The van der Waals surface area contributed by atoms with E-state index in [-0.39, 0.29) is 28.8 Å². The SMILES string of the molecule is COc1ccc([C@@H]2C3=C(N=c4s/c(=C\c5cc(OC)c(O)c(OC)c5)c(=O)n42)c2ccccc2CC3)cc1OC. The fraction of sp³-hybridized carbons (Fsp3) is 0.226. The molecule has 2 heterocycles. The van der Waals surface area contributed by atoms with Gasteiger partial charge in [0.1, 0.15) is 0 Å². The van der Waals surface area contributed by atoms with Crippen molar-refractivity contribution in [1.82, 2.24) is 4.57 Å². The van der Waals surface area contributed by atoms with E-state index in [0.717, 1.165) is 35.2 Å². The molecule has 4 aromatic rings. The van der Waals surface area contributed by atoms with Gasteiger partial charge in [0.15, 0.2) is 27.8 Å². The van der Waals surface area contributed by atoms with Crippen molar-refractivity contribution in [2.24, 2.45) is 4.99 Å². The largest absolute Gasteiger partial charge is 0.502 e. The van der Waals surface area contributed by atoms with Gasteiger partial charge >= 0.3 is 0 Å². The van der Waals surface area contributed by atoms with Gasteiger partial charge in [0.05, 0.1) is 44.7 Å². The highest BCUT2D eigenvalue weighted by Gasteiger charge is 2.33. The van der Waals surface area contributed by atoms with E-state index in [0.29, 0.717) is 26.4 Å². The van der Waals surface area contributed by atoms with Gasteiger partial charge in [-0.2, -0.15) is 0 Å². The highest BCUT2D eigenvalue weighted by atomic mass is 32.1. The Kier molecular flexibility index (Phi) is 6.59. The second kappa shape index (κ2) is 10.2. The number of aromatic hydroxyl groups is 1. The molecule has 2 aliphatic rings. The summed E-state index contributed by atoms with van der Waals surface area (Å²) < 4.78 is 24.0. The summed E-state index contributed by atoms with van der Waals surface area (Å²) in [7, 11) is 6.15. The van der Waals surface area contributed by atoms with Crippen molar-refractivity contribution >= 4 is 23.1 Å². The minimum absolute atomic E-state index is 0.0941. The van der Waals surface area contributed by atoms with Crippen molar-refractivity contribution in [1.29, 1.82) is 0 Å². The maximum absolute atomic E-state index is 14.1. The fourth-order valence-corrected chi connectivity index (χ4v) is 6.49. The molecule has 0 unspecified atom stereocenters. The first-order valence-electron chi connectivity index (χ1n) is 12.8. The number of nitrogens with zero attached hydrogens (tertiary/aromatic N) is 2. The van der Waals surface area contributed by atoms with E-state index in [9.17, 15) is 9.90 Å². The van der Waals surface area contributed by atoms with Gasteiger partial charge in [-0.15, -0.1) is 0 Å². The van der Waals surface area contributed by atoms with Gasteiger partial charge in [-0.3, -0.25) is 9.36 Å². The van der Waals surface area contributed by atoms with Gasteiger partial charge < -0.3 is 24.1 Å². The maximum Gasteiger partial charge on any atom is 0.271 e. The first-order chi connectivity index (χ1) is 19.5. The van der Waals surface area contributed by atoms with E-state index in [1.807, 2.05) is 30.3 Å². The van der Waals surface area contributed by atoms with Crippen LogP contribution in [0.1, 0.15) is 34.7 Å². The molecule has 1 aromatic heterocycles. The summed E-state index contributed by atoms with van der Waals surface area (Å²) >= 11 is 1.33. The normalized spacial score (nSPS) is 16.0. The first-order valence-corrected chi connectivity index (χ1v) is 13.6. The number of phenolic OH excluding ortho intramolecular Hbond substituents is 1. The van der Waals surface area contributed by atoms with Gasteiger partial charge in [0.2, 0.25) is 5.75 Å². The Morgan fingerprint density at radius 3 is 2.30 bits per heavy atom. The summed E-state index contributed by atoms with van der Waals surface area (Å²) in [5.74, 6) is 1.64. The Bertz CT molecular complexity index is 1830. The Balaban J connectivity index is 1.61. The molecule has 0 bridgehead atoms. The Morgan fingerprint density at radius 2 is 1.60 bits per heavy atom. The molecule has 0 saturated heterocycles. The van der Waals surface area contributed by atoms with Gasteiger partial charge in [-0.25, -0.2) is 4.99 Å². The monoisotopic (exact) mass is 556 g/mol. The van der Waals surface area contributed by atoms with Crippen molar-refractivity contribution in [2.75, 3.05) is 28.4 Å². The highest BCUT2D eigenvalue weighted by Crippen LogP contribution is 2.43. The van der Waals surface area contributed by atoms with Gasteiger partial charge in [-0.1, -0.05) is 41.7 Å². The van der Waals surface area contributed by atoms with Gasteiger partial charge in [-0.05, 0) is 65.4 Å². The summed E-state index contributed by atoms with van der Waals surface area (Å²) in [5, 5.41) is 10.3. The van der Waals surface area contributed by atoms with Crippen molar-refractivity contribution in [3.63, 3.8) is 0 Å². The van der Waals surface area contributed by atoms with Gasteiger partial charge in [0.25, 0.3) is 5.56 Å². The molecule has 1 N–H and O–H groups in total. The number of fused-ring (bicyclic) bond motifs is 3. The number of hydrogen-bond acceptors (Lipinski definition) is 8. The zero-order valence-electron chi connectivity index (χ0n) is 22.6.